The molecule has 0 spiro atoms. The van der Waals surface area contributed by atoms with Gasteiger partial charge in [-0.2, -0.15) is 0 Å². The summed E-state index contributed by atoms with van der Waals surface area (Å²) in [4.78, 5) is 0. The maximum atomic E-state index is 8.26. The maximum absolute atomic E-state index is 8.26. The van der Waals surface area contributed by atoms with E-state index >= 15 is 0 Å². The van der Waals surface area contributed by atoms with Gasteiger partial charge in [-0.1, -0.05) is 0 Å². The smallest absolute Gasteiger partial charge is 0 e. The topological polar surface area (TPSA) is 17.1 Å². The van der Waals surface area contributed by atoms with E-state index in [0.717, 1.165) is 0 Å². The van der Waals surface area contributed by atoms with Crippen LogP contribution in [0.25, 0.3) is 0 Å². The van der Waals surface area contributed by atoms with Crippen molar-refractivity contribution < 1.29 is 50.3 Å². The van der Waals surface area contributed by atoms with E-state index in [1.807, 2.05) is 0 Å². The largest absolute Gasteiger partial charge is 0 e. The van der Waals surface area contributed by atoms with E-state index in [0.29, 0.717) is 22.3 Å². The first-order valence-corrected chi connectivity index (χ1v) is 1.12. The normalized spacial score (nSPS) is 1.00. The second kappa shape index (κ2) is 19.2. The van der Waals surface area contributed by atoms with Crippen LogP contribution in [0.3, 0.4) is 0 Å². The third-order valence-electron chi connectivity index (χ3n) is 0. The van der Waals surface area contributed by atoms with Gasteiger partial charge < -0.3 is 0 Å². The molecule has 0 aromatic rings. The molecule has 0 atom stereocenters. The van der Waals surface area contributed by atoms with Crippen molar-refractivity contribution in [3.63, 3.8) is 0 Å². The number of hydrogen-bond donors (Lipinski definition) is 0. The SMILES string of the molecule is O=[Te+].[Hg].[Zn]. The van der Waals surface area contributed by atoms with Gasteiger partial charge in [0.25, 0.3) is 0 Å². The summed E-state index contributed by atoms with van der Waals surface area (Å²) in [5.41, 5.74) is 0. The summed E-state index contributed by atoms with van der Waals surface area (Å²) in [6.07, 6.45) is 0. The first-order chi connectivity index (χ1) is 1.00. The first-order valence-electron chi connectivity index (χ1n) is 0.167. The number of hydrogen-bond acceptors (Lipinski definition) is 1. The Bertz CT molecular complexity index is 8.00. The molecule has 0 aromatic carbocycles. The third kappa shape index (κ3) is 8.91. The third-order valence-corrected chi connectivity index (χ3v) is 0. The van der Waals surface area contributed by atoms with Crippen LogP contribution in [0.2, 0.25) is 0 Å². The molecule has 0 unspecified atom stereocenters. The van der Waals surface area contributed by atoms with E-state index in [1.54, 1.807) is 0 Å². The van der Waals surface area contributed by atoms with Crippen LogP contribution >= 0.6 is 0 Å². The average molecular weight is 410 g/mol. The quantitative estimate of drug-likeness (QED) is 0.493. The van der Waals surface area contributed by atoms with E-state index in [1.165, 1.54) is 0 Å². The van der Waals surface area contributed by atoms with Crippen LogP contribution in [0.1, 0.15) is 0 Å². The summed E-state index contributed by atoms with van der Waals surface area (Å²) in [7, 11) is 0. The maximum Gasteiger partial charge on any atom is 0 e. The van der Waals surface area contributed by atoms with Crippen molar-refractivity contribution in [1.82, 2.24) is 0 Å². The molecule has 0 amide bonds. The zero-order valence-corrected chi connectivity index (χ0v) is 13.0. The zero-order valence-electron chi connectivity index (χ0n) is 2.23. The summed E-state index contributed by atoms with van der Waals surface area (Å²) >= 11 is 0.700. The van der Waals surface area contributed by atoms with Crippen LogP contribution < -0.4 is 0 Å². The van der Waals surface area contributed by atoms with Gasteiger partial charge in [-0.15, -0.1) is 0 Å². The van der Waals surface area contributed by atoms with Gasteiger partial charge >= 0.3 is 25.4 Å². The van der Waals surface area contributed by atoms with Crippen LogP contribution in [0.5, 0.6) is 0 Å². The van der Waals surface area contributed by atoms with Gasteiger partial charge in [0, 0.05) is 47.1 Å². The van der Waals surface area contributed by atoms with Crippen LogP contribution in [0.4, 0.5) is 0 Å². The fraction of sp³-hybridized carbons (Fsp3) is 0. The minimum atomic E-state index is 0. The molecule has 0 saturated heterocycles. The minimum Gasteiger partial charge on any atom is 0 e. The number of rotatable bonds is 0. The van der Waals surface area contributed by atoms with Crippen molar-refractivity contribution in [2.75, 3.05) is 0 Å². The molecule has 0 aromatic heterocycles. The average Bonchev–Trinajstić information content (AvgIpc) is 1.00. The summed E-state index contributed by atoms with van der Waals surface area (Å²) in [5, 5.41) is 0. The predicted molar refractivity (Wildman–Crippen MR) is 6.44 cm³/mol. The Morgan fingerprint density at radius 3 is 1.25 bits per heavy atom. The van der Waals surface area contributed by atoms with Crippen LogP contribution in [0.15, 0.2) is 0 Å². The van der Waals surface area contributed by atoms with Crippen LogP contribution in [0, 0.1) is 0 Å². The summed E-state index contributed by atoms with van der Waals surface area (Å²) in [6, 6.07) is 0. The fourth-order valence-electron chi connectivity index (χ4n) is 0. The van der Waals surface area contributed by atoms with Crippen molar-refractivity contribution in [2.24, 2.45) is 0 Å². The molecule has 4 heavy (non-hydrogen) atoms. The Morgan fingerprint density at radius 2 is 1.25 bits per heavy atom. The van der Waals surface area contributed by atoms with Gasteiger partial charge in [-0.05, 0) is 0 Å². The Labute approximate surface area is 71.5 Å². The second-order valence-electron chi connectivity index (χ2n) is 0. The molecule has 0 aliphatic heterocycles. The van der Waals surface area contributed by atoms with E-state index in [4.69, 9.17) is 3.10 Å². The molecule has 4 heteroatoms. The molecule has 15 valence electrons. The fourth-order valence-corrected chi connectivity index (χ4v) is 0. The second-order valence-corrected chi connectivity index (χ2v) is 0. The molecule has 1 nitrogen and oxygen atoms in total. The molecular formula is HgOTeZn+. The monoisotopic (exact) mass is 412 g/mol. The molecule has 0 bridgehead atoms. The molecule has 1 radical (unpaired) electrons. The molecule has 0 aliphatic rings. The van der Waals surface area contributed by atoms with Crippen molar-refractivity contribution in [3.05, 3.63) is 0 Å². The predicted octanol–water partition coefficient (Wildman–Crippen LogP) is -0.505. The van der Waals surface area contributed by atoms with Crippen molar-refractivity contribution in [2.45, 2.75) is 0 Å². The van der Waals surface area contributed by atoms with Gasteiger partial charge in [0.15, 0.2) is 0 Å². The van der Waals surface area contributed by atoms with Gasteiger partial charge in [0.2, 0.25) is 0 Å². The molecule has 0 aliphatic carbocycles. The van der Waals surface area contributed by atoms with Crippen molar-refractivity contribution >= 4 is 22.3 Å². The summed E-state index contributed by atoms with van der Waals surface area (Å²) < 4.78 is 8.26. The van der Waals surface area contributed by atoms with Gasteiger partial charge in [0.05, 0.1) is 0 Å². The summed E-state index contributed by atoms with van der Waals surface area (Å²) in [5.74, 6) is 0. The molecule has 0 rings (SSSR count). The Balaban J connectivity index is -0.00000000500. The molecule has 0 N–H and O–H groups in total. The standard InChI is InChI=1S/Hg.OTe.Zn/c;1-2;/q;+1;. The van der Waals surface area contributed by atoms with E-state index in [-0.39, 0.29) is 47.1 Å². The first kappa shape index (κ1) is 16.4. The van der Waals surface area contributed by atoms with Gasteiger partial charge in [-0.3, -0.25) is 0 Å². The van der Waals surface area contributed by atoms with Crippen molar-refractivity contribution in [3.8, 4) is 0 Å². The van der Waals surface area contributed by atoms with E-state index < -0.39 is 0 Å². The van der Waals surface area contributed by atoms with Gasteiger partial charge in [-0.25, -0.2) is 0 Å². The molecule has 0 saturated carbocycles. The van der Waals surface area contributed by atoms with E-state index in [2.05, 4.69) is 0 Å². The Kier molecular flexibility index (Phi) is 78.9. The molecule has 0 fully saturated rings. The minimum absolute atomic E-state index is 0. The van der Waals surface area contributed by atoms with Gasteiger partial charge in [0.1, 0.15) is 0 Å². The Hall–Kier alpha value is 2.15. The summed E-state index contributed by atoms with van der Waals surface area (Å²) in [6.45, 7) is 0. The Morgan fingerprint density at radius 1 is 1.25 bits per heavy atom. The van der Waals surface area contributed by atoms with Crippen LogP contribution in [-0.2, 0) is 50.3 Å². The van der Waals surface area contributed by atoms with E-state index in [9.17, 15) is 0 Å². The van der Waals surface area contributed by atoms with Crippen molar-refractivity contribution in [1.29, 1.82) is 0 Å². The van der Waals surface area contributed by atoms with Crippen LogP contribution in [-0.4, -0.2) is 22.3 Å². The molecular weight excluding hydrogens is 410 g/mol. The zero-order chi connectivity index (χ0) is 2.00. The molecule has 0 heterocycles.